The number of rotatable bonds is 4. The van der Waals surface area contributed by atoms with Crippen LogP contribution in [0.5, 0.6) is 28.7 Å². The van der Waals surface area contributed by atoms with Crippen molar-refractivity contribution in [2.45, 2.75) is 19.8 Å². The number of aryl methyl sites for hydroxylation is 1. The van der Waals surface area contributed by atoms with Crippen LogP contribution in [0.15, 0.2) is 48.5 Å². The number of benzene rings is 3. The molecule has 3 aromatic carbocycles. The lowest BCUT2D eigenvalue weighted by Crippen LogP contribution is -2.01. The molecule has 0 atom stereocenters. The summed E-state index contributed by atoms with van der Waals surface area (Å²) in [5, 5.41) is 49.4. The van der Waals surface area contributed by atoms with Crippen LogP contribution in [0.25, 0.3) is 0 Å². The maximum Gasteiger partial charge on any atom is 0.122 e. The fraction of sp³-hybridized carbons (Fsp3) is 0.143. The predicted molar refractivity (Wildman–Crippen MR) is 98.0 cm³/mol. The van der Waals surface area contributed by atoms with Gasteiger partial charge in [0.25, 0.3) is 0 Å². The van der Waals surface area contributed by atoms with E-state index < -0.39 is 0 Å². The Balaban J connectivity index is 2.03. The number of phenols is 5. The van der Waals surface area contributed by atoms with Gasteiger partial charge in [0.05, 0.1) is 0 Å². The van der Waals surface area contributed by atoms with Gasteiger partial charge < -0.3 is 25.5 Å². The van der Waals surface area contributed by atoms with Crippen molar-refractivity contribution in [2.24, 2.45) is 0 Å². The van der Waals surface area contributed by atoms with Crippen molar-refractivity contribution >= 4 is 0 Å². The minimum atomic E-state index is -0.0515. The second kappa shape index (κ2) is 6.88. The summed E-state index contributed by atoms with van der Waals surface area (Å²) in [4.78, 5) is 0. The van der Waals surface area contributed by atoms with Gasteiger partial charge in [-0.1, -0.05) is 18.2 Å². The highest BCUT2D eigenvalue weighted by Crippen LogP contribution is 2.34. The van der Waals surface area contributed by atoms with Crippen molar-refractivity contribution in [1.82, 2.24) is 0 Å². The lowest BCUT2D eigenvalue weighted by atomic mass is 9.90. The first-order valence-electron chi connectivity index (χ1n) is 8.17. The number of hydrogen-bond donors (Lipinski definition) is 5. The molecule has 0 aromatic heterocycles. The lowest BCUT2D eigenvalue weighted by Gasteiger charge is -2.16. The first-order chi connectivity index (χ1) is 12.3. The Morgan fingerprint density at radius 1 is 0.577 bits per heavy atom. The molecule has 0 aliphatic carbocycles. The molecule has 134 valence electrons. The van der Waals surface area contributed by atoms with Crippen LogP contribution in [0, 0.1) is 6.92 Å². The predicted octanol–water partition coefficient (Wildman–Crippen LogP) is 3.70. The molecular weight excluding hydrogens is 332 g/mol. The zero-order chi connectivity index (χ0) is 18.8. The summed E-state index contributed by atoms with van der Waals surface area (Å²) >= 11 is 0. The van der Waals surface area contributed by atoms with E-state index in [2.05, 4.69) is 0 Å². The molecule has 0 radical (unpaired) electrons. The molecule has 0 saturated carbocycles. The van der Waals surface area contributed by atoms with E-state index in [4.69, 9.17) is 0 Å². The zero-order valence-electron chi connectivity index (χ0n) is 14.3. The van der Waals surface area contributed by atoms with Gasteiger partial charge in [-0.25, -0.2) is 0 Å². The van der Waals surface area contributed by atoms with Gasteiger partial charge >= 0.3 is 0 Å². The largest absolute Gasteiger partial charge is 0.508 e. The maximum absolute atomic E-state index is 10.4. The van der Waals surface area contributed by atoms with Crippen LogP contribution >= 0.6 is 0 Å². The van der Waals surface area contributed by atoms with E-state index in [1.165, 1.54) is 24.3 Å². The third-order valence-electron chi connectivity index (χ3n) is 4.51. The van der Waals surface area contributed by atoms with Crippen LogP contribution < -0.4 is 0 Å². The highest BCUT2D eigenvalue weighted by atomic mass is 16.3. The minimum Gasteiger partial charge on any atom is -0.508 e. The molecule has 0 unspecified atom stereocenters. The first-order valence-corrected chi connectivity index (χ1v) is 8.17. The Labute approximate surface area is 151 Å². The van der Waals surface area contributed by atoms with Crippen LogP contribution in [0.3, 0.4) is 0 Å². The van der Waals surface area contributed by atoms with Crippen LogP contribution in [-0.2, 0) is 12.8 Å². The molecule has 5 nitrogen and oxygen atoms in total. The third-order valence-corrected chi connectivity index (χ3v) is 4.51. The average Bonchev–Trinajstić information content (AvgIpc) is 2.58. The Morgan fingerprint density at radius 2 is 1.08 bits per heavy atom. The van der Waals surface area contributed by atoms with Gasteiger partial charge in [0.15, 0.2) is 0 Å². The fourth-order valence-electron chi connectivity index (χ4n) is 3.03. The van der Waals surface area contributed by atoms with E-state index in [0.717, 1.165) is 11.1 Å². The number of phenolic OH excluding ortho intramolecular Hbond substituents is 5. The lowest BCUT2D eigenvalue weighted by molar-refractivity contribution is 0.444. The van der Waals surface area contributed by atoms with E-state index >= 15 is 0 Å². The molecule has 0 bridgehead atoms. The van der Waals surface area contributed by atoms with Crippen LogP contribution in [0.4, 0.5) is 0 Å². The highest BCUT2D eigenvalue weighted by molar-refractivity contribution is 5.52. The summed E-state index contributed by atoms with van der Waals surface area (Å²) < 4.78 is 0. The number of hydrogen-bond acceptors (Lipinski definition) is 5. The first kappa shape index (κ1) is 17.5. The van der Waals surface area contributed by atoms with Crippen LogP contribution in [0.1, 0.15) is 27.8 Å². The summed E-state index contributed by atoms with van der Waals surface area (Å²) in [6.45, 7) is 1.91. The van der Waals surface area contributed by atoms with Gasteiger partial charge in [0, 0.05) is 30.5 Å². The Hall–Kier alpha value is -3.34. The second-order valence-electron chi connectivity index (χ2n) is 6.34. The molecule has 26 heavy (non-hydrogen) atoms. The monoisotopic (exact) mass is 352 g/mol. The molecule has 0 amide bonds. The van der Waals surface area contributed by atoms with Crippen molar-refractivity contribution in [3.63, 3.8) is 0 Å². The Kier molecular flexibility index (Phi) is 4.63. The third kappa shape index (κ3) is 3.52. The molecule has 3 aromatic rings. The fourth-order valence-corrected chi connectivity index (χ4v) is 3.03. The van der Waals surface area contributed by atoms with E-state index in [1.54, 1.807) is 24.3 Å². The van der Waals surface area contributed by atoms with Gasteiger partial charge in [0.1, 0.15) is 28.7 Å². The Morgan fingerprint density at radius 3 is 1.58 bits per heavy atom. The van der Waals surface area contributed by atoms with Gasteiger partial charge in [-0.15, -0.1) is 0 Å². The van der Waals surface area contributed by atoms with E-state index in [1.807, 2.05) is 6.92 Å². The van der Waals surface area contributed by atoms with Crippen molar-refractivity contribution in [1.29, 1.82) is 0 Å². The summed E-state index contributed by atoms with van der Waals surface area (Å²) in [7, 11) is 0. The smallest absolute Gasteiger partial charge is 0.122 e. The van der Waals surface area contributed by atoms with Crippen molar-refractivity contribution in [3.8, 4) is 28.7 Å². The van der Waals surface area contributed by atoms with E-state index in [0.29, 0.717) is 23.1 Å². The molecule has 5 N–H and O–H groups in total. The van der Waals surface area contributed by atoms with E-state index in [9.17, 15) is 25.5 Å². The second-order valence-corrected chi connectivity index (χ2v) is 6.34. The minimum absolute atomic E-state index is 0.0203. The SMILES string of the molecule is Cc1ccc(O)c(Cc2ccc(O)cc2O)c1Cc1ccc(O)cc1O. The molecule has 0 heterocycles. The van der Waals surface area contributed by atoms with Crippen molar-refractivity contribution in [3.05, 3.63) is 76.3 Å². The molecule has 0 spiro atoms. The molecule has 5 heteroatoms. The molecule has 0 aliphatic rings. The molecule has 3 rings (SSSR count). The summed E-state index contributed by atoms with van der Waals surface area (Å²) in [5.74, 6) is -0.0334. The molecule has 0 aliphatic heterocycles. The summed E-state index contributed by atoms with van der Waals surface area (Å²) in [6, 6.07) is 12.1. The summed E-state index contributed by atoms with van der Waals surface area (Å²) in [5.41, 5.74) is 3.59. The maximum atomic E-state index is 10.4. The zero-order valence-corrected chi connectivity index (χ0v) is 14.3. The van der Waals surface area contributed by atoms with Crippen molar-refractivity contribution < 1.29 is 25.5 Å². The quantitative estimate of drug-likeness (QED) is 0.493. The number of aromatic hydroxyl groups is 5. The van der Waals surface area contributed by atoms with Gasteiger partial charge in [-0.05, 0) is 47.4 Å². The topological polar surface area (TPSA) is 101 Å². The van der Waals surface area contributed by atoms with Gasteiger partial charge in [-0.2, -0.15) is 0 Å². The average molecular weight is 352 g/mol. The normalized spacial score (nSPS) is 10.8. The standard InChI is InChI=1S/C21H20O5/c1-12-2-7-19(24)18(9-14-4-6-16(23)11-21(14)26)17(12)8-13-3-5-15(22)10-20(13)25/h2-7,10-11,22-26H,8-9H2,1H3. The highest BCUT2D eigenvalue weighted by Gasteiger charge is 2.16. The van der Waals surface area contributed by atoms with Gasteiger partial charge in [0.2, 0.25) is 0 Å². The van der Waals surface area contributed by atoms with Crippen LogP contribution in [0.2, 0.25) is 0 Å². The van der Waals surface area contributed by atoms with Crippen molar-refractivity contribution in [2.75, 3.05) is 0 Å². The Bertz CT molecular complexity index is 884. The molecule has 0 saturated heterocycles. The van der Waals surface area contributed by atoms with E-state index in [-0.39, 0.29) is 35.2 Å². The molecule has 0 fully saturated rings. The summed E-state index contributed by atoms with van der Waals surface area (Å²) in [6.07, 6.45) is 0.633. The van der Waals surface area contributed by atoms with Gasteiger partial charge in [-0.3, -0.25) is 0 Å². The molecular formula is C21H20O5. The van der Waals surface area contributed by atoms with Crippen LogP contribution in [-0.4, -0.2) is 25.5 Å².